The van der Waals surface area contributed by atoms with E-state index in [1.807, 2.05) is 0 Å². The van der Waals surface area contributed by atoms with Gasteiger partial charge in [-0.05, 0) is 47.0 Å². The Kier molecular flexibility index (Phi) is 7.58. The summed E-state index contributed by atoms with van der Waals surface area (Å²) in [5.41, 5.74) is -1.99. The number of carbonyl (C=O) groups is 2. The molecule has 1 unspecified atom stereocenters. The van der Waals surface area contributed by atoms with E-state index in [2.05, 4.69) is 0 Å². The molecule has 1 aliphatic heterocycles. The standard InChI is InChI=1S/C26H14Cl3F6NO2/c27-20-10-15(11-21(28)22(20)29)18(25(30,31)32)8-6-13-5-7-14(19(9-13)26(33,34)35)12-36-23(37)16-3-1-2-4-17(16)24(36)38/h1-11,18H,12H2. The number of carbonyl (C=O) groups excluding carboxylic acids is 2. The van der Waals surface area contributed by atoms with Crippen molar-refractivity contribution in [3.05, 3.63) is 109 Å². The van der Waals surface area contributed by atoms with E-state index in [4.69, 9.17) is 34.8 Å². The smallest absolute Gasteiger partial charge is 0.270 e. The molecule has 0 saturated carbocycles. The quantitative estimate of drug-likeness (QED) is 0.169. The van der Waals surface area contributed by atoms with Crippen molar-refractivity contribution in [2.24, 2.45) is 0 Å². The van der Waals surface area contributed by atoms with Crippen LogP contribution in [0.15, 0.2) is 60.7 Å². The van der Waals surface area contributed by atoms with Crippen LogP contribution < -0.4 is 0 Å². The minimum absolute atomic E-state index is 0.0752. The predicted octanol–water partition coefficient (Wildman–Crippen LogP) is 8.82. The molecule has 0 saturated heterocycles. The molecule has 0 fully saturated rings. The van der Waals surface area contributed by atoms with Gasteiger partial charge in [0.15, 0.2) is 0 Å². The SMILES string of the molecule is O=C1c2ccccc2C(=O)N1Cc1ccc(C=CC(c2cc(Cl)c(Cl)c(Cl)c2)C(F)(F)F)cc1C(F)(F)F. The summed E-state index contributed by atoms with van der Waals surface area (Å²) in [6.45, 7) is -0.669. The lowest BCUT2D eigenvalue weighted by molar-refractivity contribution is -0.140. The number of alkyl halides is 6. The van der Waals surface area contributed by atoms with Gasteiger partial charge in [0.1, 0.15) is 0 Å². The van der Waals surface area contributed by atoms with Crippen molar-refractivity contribution in [2.45, 2.75) is 24.8 Å². The molecule has 0 aromatic heterocycles. The molecule has 0 spiro atoms. The van der Waals surface area contributed by atoms with Crippen LogP contribution in [0.4, 0.5) is 26.3 Å². The van der Waals surface area contributed by atoms with Gasteiger partial charge in [0.05, 0.1) is 44.2 Å². The first-order valence-corrected chi connectivity index (χ1v) is 11.9. The van der Waals surface area contributed by atoms with Crippen LogP contribution in [0.3, 0.4) is 0 Å². The monoisotopic (exact) mass is 591 g/mol. The first-order valence-electron chi connectivity index (χ1n) is 10.7. The molecule has 4 rings (SSSR count). The lowest BCUT2D eigenvalue weighted by Gasteiger charge is -2.20. The van der Waals surface area contributed by atoms with E-state index in [9.17, 15) is 35.9 Å². The maximum absolute atomic E-state index is 13.9. The minimum atomic E-state index is -4.92. The average molecular weight is 593 g/mol. The van der Waals surface area contributed by atoms with Crippen LogP contribution in [-0.2, 0) is 12.7 Å². The minimum Gasteiger partial charge on any atom is -0.270 e. The summed E-state index contributed by atoms with van der Waals surface area (Å²) in [7, 11) is 0. The van der Waals surface area contributed by atoms with Crippen LogP contribution in [0.2, 0.25) is 15.1 Å². The zero-order valence-electron chi connectivity index (χ0n) is 18.8. The van der Waals surface area contributed by atoms with E-state index in [0.29, 0.717) is 17.0 Å². The third-order valence-electron chi connectivity index (χ3n) is 5.85. The molecule has 12 heteroatoms. The summed E-state index contributed by atoms with van der Waals surface area (Å²) < 4.78 is 83.1. The van der Waals surface area contributed by atoms with Gasteiger partial charge in [0, 0.05) is 0 Å². The molecular weight excluding hydrogens is 579 g/mol. The van der Waals surface area contributed by atoms with E-state index in [0.717, 1.165) is 30.3 Å². The van der Waals surface area contributed by atoms with Crippen molar-refractivity contribution in [3.63, 3.8) is 0 Å². The molecule has 1 aliphatic rings. The molecule has 0 radical (unpaired) electrons. The number of benzene rings is 3. The van der Waals surface area contributed by atoms with Crippen molar-refractivity contribution >= 4 is 52.7 Å². The highest BCUT2D eigenvalue weighted by atomic mass is 35.5. The molecule has 3 aromatic carbocycles. The highest BCUT2D eigenvalue weighted by Crippen LogP contribution is 2.41. The predicted molar refractivity (Wildman–Crippen MR) is 131 cm³/mol. The van der Waals surface area contributed by atoms with Crippen molar-refractivity contribution in [1.29, 1.82) is 0 Å². The number of fused-ring (bicyclic) bond motifs is 1. The molecule has 0 aliphatic carbocycles. The van der Waals surface area contributed by atoms with Crippen LogP contribution >= 0.6 is 34.8 Å². The second-order valence-electron chi connectivity index (χ2n) is 8.33. The number of allylic oxidation sites excluding steroid dienone is 1. The Labute approximate surface area is 227 Å². The number of hydrogen-bond acceptors (Lipinski definition) is 2. The maximum atomic E-state index is 13.9. The zero-order chi connectivity index (χ0) is 28.0. The molecule has 0 bridgehead atoms. The van der Waals surface area contributed by atoms with Crippen LogP contribution in [-0.4, -0.2) is 22.9 Å². The Morgan fingerprint density at radius 3 is 1.87 bits per heavy atom. The second kappa shape index (κ2) is 10.3. The van der Waals surface area contributed by atoms with E-state index in [1.54, 1.807) is 0 Å². The third kappa shape index (κ3) is 5.55. The van der Waals surface area contributed by atoms with E-state index >= 15 is 0 Å². The maximum Gasteiger partial charge on any atom is 0.416 e. The first kappa shape index (κ1) is 28.0. The van der Waals surface area contributed by atoms with Gasteiger partial charge >= 0.3 is 12.4 Å². The van der Waals surface area contributed by atoms with Crippen LogP contribution in [0.5, 0.6) is 0 Å². The van der Waals surface area contributed by atoms with Gasteiger partial charge in [0.25, 0.3) is 11.8 Å². The van der Waals surface area contributed by atoms with Crippen molar-refractivity contribution < 1.29 is 35.9 Å². The highest BCUT2D eigenvalue weighted by molar-refractivity contribution is 6.48. The number of halogens is 9. The molecule has 3 nitrogen and oxygen atoms in total. The molecule has 1 atom stereocenters. The van der Waals surface area contributed by atoms with Gasteiger partial charge in [-0.15, -0.1) is 0 Å². The molecule has 38 heavy (non-hydrogen) atoms. The Hall–Kier alpha value is -3.01. The van der Waals surface area contributed by atoms with Crippen LogP contribution in [0, 0.1) is 0 Å². The normalized spacial score (nSPS) is 14.9. The van der Waals surface area contributed by atoms with Crippen molar-refractivity contribution in [2.75, 3.05) is 0 Å². The van der Waals surface area contributed by atoms with E-state index in [1.165, 1.54) is 24.3 Å². The number of rotatable bonds is 5. The molecule has 2 amide bonds. The Morgan fingerprint density at radius 2 is 1.37 bits per heavy atom. The van der Waals surface area contributed by atoms with Gasteiger partial charge in [-0.1, -0.05) is 71.2 Å². The van der Waals surface area contributed by atoms with E-state index < -0.39 is 47.8 Å². The molecular formula is C26H14Cl3F6NO2. The van der Waals surface area contributed by atoms with Crippen LogP contribution in [0.25, 0.3) is 6.08 Å². The van der Waals surface area contributed by atoms with Gasteiger partial charge in [-0.2, -0.15) is 26.3 Å². The molecule has 198 valence electrons. The lowest BCUT2D eigenvalue weighted by Crippen LogP contribution is -2.30. The zero-order valence-corrected chi connectivity index (χ0v) is 21.1. The van der Waals surface area contributed by atoms with E-state index in [-0.39, 0.29) is 37.3 Å². The summed E-state index contributed by atoms with van der Waals surface area (Å²) in [4.78, 5) is 25.9. The van der Waals surface area contributed by atoms with Gasteiger partial charge in [-0.25, -0.2) is 0 Å². The summed E-state index contributed by atoms with van der Waals surface area (Å²) in [5, 5.41) is -0.562. The average Bonchev–Trinajstić information content (AvgIpc) is 3.07. The highest BCUT2D eigenvalue weighted by Gasteiger charge is 2.40. The summed E-state index contributed by atoms with van der Waals surface area (Å²) in [5.74, 6) is -3.73. The van der Waals surface area contributed by atoms with Crippen LogP contribution in [0.1, 0.15) is 48.9 Å². The lowest BCUT2D eigenvalue weighted by atomic mass is 9.96. The number of imide groups is 1. The van der Waals surface area contributed by atoms with Gasteiger partial charge in [0.2, 0.25) is 0 Å². The number of hydrogen-bond donors (Lipinski definition) is 0. The Morgan fingerprint density at radius 1 is 0.816 bits per heavy atom. The van der Waals surface area contributed by atoms with Crippen molar-refractivity contribution in [3.8, 4) is 0 Å². The Bertz CT molecular complexity index is 1410. The fourth-order valence-corrected chi connectivity index (χ4v) is 4.64. The van der Waals surface area contributed by atoms with Crippen molar-refractivity contribution in [1.82, 2.24) is 4.90 Å². The summed E-state index contributed by atoms with van der Waals surface area (Å²) in [6, 6.07) is 10.6. The molecule has 0 N–H and O–H groups in total. The molecule has 3 aromatic rings. The first-order chi connectivity index (χ1) is 17.7. The van der Waals surface area contributed by atoms with Gasteiger partial charge in [-0.3, -0.25) is 14.5 Å². The number of amides is 2. The fraction of sp³-hybridized carbons (Fsp3) is 0.154. The largest absolute Gasteiger partial charge is 0.416 e. The summed E-state index contributed by atoms with van der Waals surface area (Å²) >= 11 is 17.5. The topological polar surface area (TPSA) is 37.4 Å². The summed E-state index contributed by atoms with van der Waals surface area (Å²) in [6.07, 6.45) is -8.18. The molecule has 1 heterocycles. The third-order valence-corrected chi connectivity index (χ3v) is 7.04. The fourth-order valence-electron chi connectivity index (χ4n) is 4.02. The second-order valence-corrected chi connectivity index (χ2v) is 9.53. The van der Waals surface area contributed by atoms with Gasteiger partial charge < -0.3 is 0 Å². The number of nitrogens with zero attached hydrogens (tertiary/aromatic N) is 1. The Balaban J connectivity index is 1.68.